The maximum Gasteiger partial charge on any atom is 0.0907 e. The van der Waals surface area contributed by atoms with E-state index < -0.39 is 7.14 Å². The van der Waals surface area contributed by atoms with Crippen LogP contribution >= 0.6 is 7.14 Å². The Kier molecular flexibility index (Phi) is 5.69. The fourth-order valence-corrected chi connectivity index (χ4v) is 6.41. The maximum atomic E-state index is 12.7. The molecule has 1 unspecified atom stereocenters. The summed E-state index contributed by atoms with van der Waals surface area (Å²) in [6.45, 7) is 18.7. The van der Waals surface area contributed by atoms with Crippen molar-refractivity contribution >= 4 is 18.5 Å². The van der Waals surface area contributed by atoms with Crippen LogP contribution in [0.15, 0.2) is 24.3 Å². The van der Waals surface area contributed by atoms with E-state index >= 15 is 0 Å². The van der Waals surface area contributed by atoms with Gasteiger partial charge < -0.3 is 14.4 Å². The van der Waals surface area contributed by atoms with E-state index in [0.29, 0.717) is 0 Å². The highest BCUT2D eigenvalue weighted by Crippen LogP contribution is 2.42. The summed E-state index contributed by atoms with van der Waals surface area (Å²) in [7, 11) is -2.13. The zero-order valence-electron chi connectivity index (χ0n) is 18.8. The molecule has 1 heterocycles. The lowest BCUT2D eigenvalue weighted by molar-refractivity contribution is 0.577. The second-order valence-corrected chi connectivity index (χ2v) is 12.8. The number of aryl methyl sites for hydroxylation is 6. The Morgan fingerprint density at radius 2 is 1.25 bits per heavy atom. The molecule has 152 valence electrons. The molecule has 1 aliphatic heterocycles. The molecule has 1 atom stereocenters. The van der Waals surface area contributed by atoms with Gasteiger partial charge >= 0.3 is 0 Å². The third kappa shape index (κ3) is 4.30. The topological polar surface area (TPSA) is 23.6 Å². The van der Waals surface area contributed by atoms with E-state index in [1.807, 2.05) is 13.3 Å². The molecule has 0 aliphatic carbocycles. The third-order valence-corrected chi connectivity index (χ3v) is 7.02. The molecule has 0 bridgehead atoms. The van der Waals surface area contributed by atoms with Gasteiger partial charge in [-0.3, -0.25) is 0 Å². The zero-order chi connectivity index (χ0) is 20.8. The van der Waals surface area contributed by atoms with Crippen LogP contribution in [-0.4, -0.2) is 38.7 Å². The van der Waals surface area contributed by atoms with Gasteiger partial charge in [-0.1, -0.05) is 35.4 Å². The largest absolute Gasteiger partial charge is 0.351 e. The summed E-state index contributed by atoms with van der Waals surface area (Å²) in [5.74, 6) is 0. The molecule has 0 N–H and O–H groups in total. The van der Waals surface area contributed by atoms with E-state index in [-0.39, 0.29) is 6.04 Å². The monoisotopic (exact) mass is 398 g/mol. The van der Waals surface area contributed by atoms with Gasteiger partial charge in [0.2, 0.25) is 0 Å². The van der Waals surface area contributed by atoms with E-state index in [0.717, 1.165) is 19.4 Å². The average molecular weight is 399 g/mol. The summed E-state index contributed by atoms with van der Waals surface area (Å²) < 4.78 is 12.7. The summed E-state index contributed by atoms with van der Waals surface area (Å²) in [6, 6.07) is 9.34. The second-order valence-electron chi connectivity index (χ2n) is 9.24. The molecular weight excluding hydrogens is 363 g/mol. The van der Waals surface area contributed by atoms with E-state index in [1.54, 1.807) is 0 Å². The van der Waals surface area contributed by atoms with Gasteiger partial charge in [-0.25, -0.2) is 0 Å². The first kappa shape index (κ1) is 21.0. The van der Waals surface area contributed by atoms with Crippen molar-refractivity contribution in [3.05, 3.63) is 57.6 Å². The smallest absolute Gasteiger partial charge is 0.0907 e. The predicted octanol–water partition coefficient (Wildman–Crippen LogP) is 5.81. The Balaban J connectivity index is 2.05. The number of nitrogens with zero attached hydrogens (tertiary/aromatic N) is 2. The van der Waals surface area contributed by atoms with Gasteiger partial charge in [-0.15, -0.1) is 0 Å². The van der Waals surface area contributed by atoms with Crippen LogP contribution in [-0.2, 0) is 4.57 Å². The van der Waals surface area contributed by atoms with Crippen LogP contribution in [0.3, 0.4) is 0 Å². The van der Waals surface area contributed by atoms with Gasteiger partial charge in [0.15, 0.2) is 0 Å². The van der Waals surface area contributed by atoms with Crippen molar-refractivity contribution in [2.45, 2.75) is 47.6 Å². The summed E-state index contributed by atoms with van der Waals surface area (Å²) in [6.07, 6.45) is 0.750. The molecule has 0 amide bonds. The fourth-order valence-electron chi connectivity index (χ4n) is 5.09. The van der Waals surface area contributed by atoms with Gasteiger partial charge in [0.05, 0.1) is 19.9 Å². The van der Waals surface area contributed by atoms with Crippen molar-refractivity contribution in [2.75, 3.05) is 42.5 Å². The quantitative estimate of drug-likeness (QED) is 0.607. The predicted molar refractivity (Wildman–Crippen MR) is 124 cm³/mol. The Morgan fingerprint density at radius 1 is 0.821 bits per heavy atom. The SMILES string of the molecule is Cc1cc(C)c(N2CC(CP(C)(C)=O)N(c3c(C)cc(C)cc3C)C2)c(C)c1. The standard InChI is InChI=1S/C24H35N2OP/c1-16-9-18(3)23(19(4)10-16)25-13-22(14-28(7,8)27)26(15-25)24-20(5)11-17(2)12-21(24)6/h9-12,22H,13-15H2,1-8H3. The molecule has 3 nitrogen and oxygen atoms in total. The van der Waals surface area contributed by atoms with Gasteiger partial charge in [0.25, 0.3) is 0 Å². The number of benzene rings is 2. The summed E-state index contributed by atoms with van der Waals surface area (Å²) in [4.78, 5) is 4.99. The van der Waals surface area contributed by atoms with Crippen LogP contribution in [0, 0.1) is 41.5 Å². The number of hydrogen-bond acceptors (Lipinski definition) is 3. The van der Waals surface area contributed by atoms with Crippen molar-refractivity contribution in [2.24, 2.45) is 0 Å². The number of hydrogen-bond donors (Lipinski definition) is 0. The molecule has 2 aromatic rings. The lowest BCUT2D eigenvalue weighted by Crippen LogP contribution is -2.34. The Morgan fingerprint density at radius 3 is 1.68 bits per heavy atom. The van der Waals surface area contributed by atoms with E-state index in [1.165, 1.54) is 44.8 Å². The molecule has 1 fully saturated rings. The van der Waals surface area contributed by atoms with E-state index in [4.69, 9.17) is 0 Å². The fraction of sp³-hybridized carbons (Fsp3) is 0.500. The van der Waals surface area contributed by atoms with Crippen LogP contribution < -0.4 is 9.80 Å². The van der Waals surface area contributed by atoms with Crippen LogP contribution in [0.4, 0.5) is 11.4 Å². The minimum atomic E-state index is -2.13. The normalized spacial score (nSPS) is 17.5. The summed E-state index contributed by atoms with van der Waals surface area (Å²) >= 11 is 0. The lowest BCUT2D eigenvalue weighted by atomic mass is 10.0. The minimum absolute atomic E-state index is 0.265. The third-order valence-electron chi connectivity index (χ3n) is 5.72. The highest BCUT2D eigenvalue weighted by molar-refractivity contribution is 7.62. The van der Waals surface area contributed by atoms with Gasteiger partial charge in [-0.05, 0) is 77.1 Å². The van der Waals surface area contributed by atoms with Crippen LogP contribution in [0.25, 0.3) is 0 Å². The first-order valence-corrected chi connectivity index (χ1v) is 13.0. The summed E-state index contributed by atoms with van der Waals surface area (Å²) in [5, 5.41) is 0. The van der Waals surface area contributed by atoms with Crippen molar-refractivity contribution in [3.8, 4) is 0 Å². The molecule has 0 aromatic heterocycles. The van der Waals surface area contributed by atoms with Crippen molar-refractivity contribution in [1.82, 2.24) is 0 Å². The van der Waals surface area contributed by atoms with E-state index in [2.05, 4.69) is 75.6 Å². The molecule has 2 aromatic carbocycles. The van der Waals surface area contributed by atoms with Crippen molar-refractivity contribution < 1.29 is 4.57 Å². The van der Waals surface area contributed by atoms with Crippen LogP contribution in [0.2, 0.25) is 0 Å². The summed E-state index contributed by atoms with van der Waals surface area (Å²) in [5.41, 5.74) is 10.5. The molecule has 1 saturated heterocycles. The van der Waals surface area contributed by atoms with Gasteiger partial charge in [0.1, 0.15) is 0 Å². The molecule has 3 rings (SSSR count). The van der Waals surface area contributed by atoms with Crippen LogP contribution in [0.5, 0.6) is 0 Å². The first-order valence-electron chi connectivity index (χ1n) is 10.2. The van der Waals surface area contributed by atoms with Gasteiger partial charge in [-0.2, -0.15) is 0 Å². The van der Waals surface area contributed by atoms with Gasteiger partial charge in [0, 0.05) is 24.1 Å². The Bertz CT molecular complexity index is 898. The maximum absolute atomic E-state index is 12.7. The molecule has 0 spiro atoms. The van der Waals surface area contributed by atoms with Crippen molar-refractivity contribution in [1.29, 1.82) is 0 Å². The van der Waals surface area contributed by atoms with E-state index in [9.17, 15) is 4.57 Å². The Labute approximate surface area is 171 Å². The lowest BCUT2D eigenvalue weighted by Gasteiger charge is -2.30. The molecule has 1 aliphatic rings. The molecule has 0 saturated carbocycles. The van der Waals surface area contributed by atoms with Crippen LogP contribution in [0.1, 0.15) is 33.4 Å². The highest BCUT2D eigenvalue weighted by atomic mass is 31.2. The minimum Gasteiger partial charge on any atom is -0.351 e. The average Bonchev–Trinajstić information content (AvgIpc) is 2.86. The number of anilines is 2. The molecular formula is C24H35N2OP. The number of rotatable bonds is 4. The Hall–Kier alpha value is -1.73. The zero-order valence-corrected chi connectivity index (χ0v) is 19.7. The first-order chi connectivity index (χ1) is 13.0. The molecule has 4 heteroatoms. The molecule has 28 heavy (non-hydrogen) atoms. The van der Waals surface area contributed by atoms with Crippen molar-refractivity contribution in [3.63, 3.8) is 0 Å². The molecule has 0 radical (unpaired) electrons. The highest BCUT2D eigenvalue weighted by Gasteiger charge is 2.35. The second kappa shape index (κ2) is 7.59.